The lowest BCUT2D eigenvalue weighted by Crippen LogP contribution is -2.35. The van der Waals surface area contributed by atoms with Crippen molar-refractivity contribution in [2.24, 2.45) is 22.7 Å². The first-order chi connectivity index (χ1) is 7.97. The monoisotopic (exact) mass is 236 g/mol. The fraction of sp³-hybridized carbons (Fsp3) is 1.00. The summed E-state index contributed by atoms with van der Waals surface area (Å²) in [4.78, 5) is 0. The summed E-state index contributed by atoms with van der Waals surface area (Å²) in [7, 11) is 0. The Hall–Kier alpha value is 0. The van der Waals surface area contributed by atoms with Gasteiger partial charge in [-0.3, -0.25) is 0 Å². The van der Waals surface area contributed by atoms with Crippen LogP contribution in [0, 0.1) is 22.7 Å². The highest BCUT2D eigenvalue weighted by Gasteiger charge is 2.46. The van der Waals surface area contributed by atoms with Crippen molar-refractivity contribution in [3.05, 3.63) is 0 Å². The summed E-state index contributed by atoms with van der Waals surface area (Å²) in [5.41, 5.74) is 1.31. The molecule has 0 aromatic heterocycles. The molecule has 0 heteroatoms. The van der Waals surface area contributed by atoms with E-state index in [0.29, 0.717) is 10.8 Å². The van der Waals surface area contributed by atoms with Gasteiger partial charge in [0.15, 0.2) is 0 Å². The van der Waals surface area contributed by atoms with E-state index in [2.05, 4.69) is 27.7 Å². The van der Waals surface area contributed by atoms with Crippen LogP contribution < -0.4 is 0 Å². The third kappa shape index (κ3) is 2.56. The lowest BCUT2D eigenvalue weighted by atomic mass is 9.60. The predicted octanol–water partition coefficient (Wildman–Crippen LogP) is 5.81. The molecule has 0 N–H and O–H groups in total. The zero-order chi connectivity index (χ0) is 12.5. The Morgan fingerprint density at radius 2 is 1.29 bits per heavy atom. The molecule has 2 fully saturated rings. The van der Waals surface area contributed by atoms with Crippen LogP contribution in [0.25, 0.3) is 0 Å². The van der Waals surface area contributed by atoms with E-state index < -0.39 is 0 Å². The van der Waals surface area contributed by atoms with Gasteiger partial charge in [0.1, 0.15) is 0 Å². The quantitative estimate of drug-likeness (QED) is 0.531. The van der Waals surface area contributed by atoms with Crippen LogP contribution in [0.3, 0.4) is 0 Å². The third-order valence-corrected chi connectivity index (χ3v) is 6.48. The Labute approximate surface area is 109 Å². The summed E-state index contributed by atoms with van der Waals surface area (Å²) in [6.07, 6.45) is 13.4. The van der Waals surface area contributed by atoms with Crippen LogP contribution in [0.1, 0.15) is 85.5 Å². The lowest BCUT2D eigenvalue weighted by Gasteiger charge is -2.44. The molecule has 2 aliphatic carbocycles. The molecule has 2 rings (SSSR count). The van der Waals surface area contributed by atoms with E-state index in [-0.39, 0.29) is 0 Å². The van der Waals surface area contributed by atoms with Gasteiger partial charge in [-0.25, -0.2) is 0 Å². The molecule has 0 aliphatic heterocycles. The van der Waals surface area contributed by atoms with Gasteiger partial charge in [0.05, 0.1) is 0 Å². The predicted molar refractivity (Wildman–Crippen MR) is 76.1 cm³/mol. The maximum atomic E-state index is 2.61. The molecule has 0 radical (unpaired) electrons. The average molecular weight is 236 g/mol. The summed E-state index contributed by atoms with van der Waals surface area (Å²) in [6.45, 7) is 10.0. The first kappa shape index (κ1) is 13.4. The molecular formula is C17H32. The molecule has 0 aromatic carbocycles. The highest BCUT2D eigenvalue weighted by molar-refractivity contribution is 4.96. The molecule has 2 aliphatic rings. The molecule has 2 saturated carbocycles. The van der Waals surface area contributed by atoms with Gasteiger partial charge >= 0.3 is 0 Å². The fourth-order valence-electron chi connectivity index (χ4n) is 4.56. The topological polar surface area (TPSA) is 0 Å². The number of rotatable bonds is 2. The molecule has 100 valence electrons. The highest BCUT2D eigenvalue weighted by Crippen LogP contribution is 2.57. The van der Waals surface area contributed by atoms with Crippen LogP contribution in [0.15, 0.2) is 0 Å². The van der Waals surface area contributed by atoms with E-state index in [1.54, 1.807) is 0 Å². The first-order valence-corrected chi connectivity index (χ1v) is 7.97. The second kappa shape index (κ2) is 4.94. The van der Waals surface area contributed by atoms with E-state index in [4.69, 9.17) is 0 Å². The lowest BCUT2D eigenvalue weighted by molar-refractivity contribution is 0.0553. The molecule has 0 nitrogen and oxygen atoms in total. The molecule has 17 heavy (non-hydrogen) atoms. The average Bonchev–Trinajstić information content (AvgIpc) is 2.60. The molecule has 0 bridgehead atoms. The van der Waals surface area contributed by atoms with Gasteiger partial charge < -0.3 is 0 Å². The van der Waals surface area contributed by atoms with Gasteiger partial charge in [0.25, 0.3) is 0 Å². The highest BCUT2D eigenvalue weighted by atomic mass is 14.5. The van der Waals surface area contributed by atoms with Crippen molar-refractivity contribution >= 4 is 0 Å². The van der Waals surface area contributed by atoms with Crippen molar-refractivity contribution in [3.63, 3.8) is 0 Å². The molecule has 0 spiro atoms. The van der Waals surface area contributed by atoms with Gasteiger partial charge in [-0.2, -0.15) is 0 Å². The van der Waals surface area contributed by atoms with Crippen molar-refractivity contribution in [2.45, 2.75) is 85.5 Å². The maximum Gasteiger partial charge on any atom is -0.0272 e. The van der Waals surface area contributed by atoms with Crippen LogP contribution in [0.5, 0.6) is 0 Å². The van der Waals surface area contributed by atoms with Crippen LogP contribution in [-0.4, -0.2) is 0 Å². The molecule has 0 aromatic rings. The minimum absolute atomic E-state index is 0.646. The normalized spacial score (nSPS) is 38.3. The zero-order valence-corrected chi connectivity index (χ0v) is 12.5. The van der Waals surface area contributed by atoms with Gasteiger partial charge in [-0.1, -0.05) is 53.4 Å². The Kier molecular flexibility index (Phi) is 3.90. The SMILES string of the molecule is CC(C)C1CCCC(C)(C2(C)CCCC2)CC1. The maximum absolute atomic E-state index is 2.61. The Morgan fingerprint density at radius 1 is 0.765 bits per heavy atom. The van der Waals surface area contributed by atoms with Gasteiger partial charge in [0, 0.05) is 0 Å². The summed E-state index contributed by atoms with van der Waals surface area (Å²) < 4.78 is 0. The van der Waals surface area contributed by atoms with Gasteiger partial charge in [0.2, 0.25) is 0 Å². The number of hydrogen-bond donors (Lipinski definition) is 0. The Morgan fingerprint density at radius 3 is 1.88 bits per heavy atom. The molecule has 0 heterocycles. The summed E-state index contributed by atoms with van der Waals surface area (Å²) >= 11 is 0. The van der Waals surface area contributed by atoms with Crippen LogP contribution in [0.4, 0.5) is 0 Å². The second-order valence-corrected chi connectivity index (χ2v) is 7.76. The molecular weight excluding hydrogens is 204 g/mol. The third-order valence-electron chi connectivity index (χ3n) is 6.48. The molecule has 0 amide bonds. The summed E-state index contributed by atoms with van der Waals surface area (Å²) in [5.74, 6) is 1.90. The van der Waals surface area contributed by atoms with Crippen LogP contribution >= 0.6 is 0 Å². The van der Waals surface area contributed by atoms with Crippen molar-refractivity contribution in [1.29, 1.82) is 0 Å². The van der Waals surface area contributed by atoms with Gasteiger partial charge in [-0.05, 0) is 54.8 Å². The molecule has 2 unspecified atom stereocenters. The standard InChI is InChI=1S/C17H32/c1-14(2)15-8-7-12-17(4,13-9-15)16(3)10-5-6-11-16/h14-15H,5-13H2,1-4H3. The van der Waals surface area contributed by atoms with Crippen LogP contribution in [-0.2, 0) is 0 Å². The van der Waals surface area contributed by atoms with Gasteiger partial charge in [-0.15, -0.1) is 0 Å². The summed E-state index contributed by atoms with van der Waals surface area (Å²) in [5, 5.41) is 0. The van der Waals surface area contributed by atoms with Crippen molar-refractivity contribution in [3.8, 4) is 0 Å². The van der Waals surface area contributed by atoms with E-state index >= 15 is 0 Å². The fourth-order valence-corrected chi connectivity index (χ4v) is 4.56. The Bertz CT molecular complexity index is 247. The van der Waals surface area contributed by atoms with Crippen LogP contribution in [0.2, 0.25) is 0 Å². The first-order valence-electron chi connectivity index (χ1n) is 7.97. The van der Waals surface area contributed by atoms with Crippen molar-refractivity contribution in [1.82, 2.24) is 0 Å². The van der Waals surface area contributed by atoms with Crippen molar-refractivity contribution < 1.29 is 0 Å². The largest absolute Gasteiger partial charge is 0.0625 e. The van der Waals surface area contributed by atoms with Crippen molar-refractivity contribution in [2.75, 3.05) is 0 Å². The Balaban J connectivity index is 2.06. The smallest absolute Gasteiger partial charge is 0.0272 e. The molecule has 0 saturated heterocycles. The number of hydrogen-bond acceptors (Lipinski definition) is 0. The van der Waals surface area contributed by atoms with E-state index in [0.717, 1.165) is 11.8 Å². The minimum Gasteiger partial charge on any atom is -0.0625 e. The van der Waals surface area contributed by atoms with E-state index in [9.17, 15) is 0 Å². The zero-order valence-electron chi connectivity index (χ0n) is 12.5. The molecule has 2 atom stereocenters. The van der Waals surface area contributed by atoms with E-state index in [1.807, 2.05) is 0 Å². The summed E-state index contributed by atoms with van der Waals surface area (Å²) in [6, 6.07) is 0. The van der Waals surface area contributed by atoms with E-state index in [1.165, 1.54) is 57.8 Å². The minimum atomic E-state index is 0.646. The second-order valence-electron chi connectivity index (χ2n) is 7.76.